The van der Waals surface area contributed by atoms with E-state index in [9.17, 15) is 14.7 Å². The Morgan fingerprint density at radius 2 is 2.00 bits per heavy atom. The molecular weight excluding hydrogens is 422 g/mol. The van der Waals surface area contributed by atoms with Gasteiger partial charge in [-0.15, -0.1) is 0 Å². The van der Waals surface area contributed by atoms with Crippen molar-refractivity contribution in [2.75, 3.05) is 10.6 Å². The van der Waals surface area contributed by atoms with Gasteiger partial charge in [-0.1, -0.05) is 44.2 Å². The molecule has 2 aromatic heterocycles. The van der Waals surface area contributed by atoms with Gasteiger partial charge < -0.3 is 20.9 Å². The smallest absolute Gasteiger partial charge is 0.412 e. The van der Waals surface area contributed by atoms with Crippen LogP contribution in [0.5, 0.6) is 0 Å². The van der Waals surface area contributed by atoms with Gasteiger partial charge in [0.05, 0.1) is 40.4 Å². The van der Waals surface area contributed by atoms with E-state index in [1.807, 2.05) is 51.1 Å². The quantitative estimate of drug-likeness (QED) is 0.453. The van der Waals surface area contributed by atoms with Gasteiger partial charge in [0.1, 0.15) is 6.61 Å². The summed E-state index contributed by atoms with van der Waals surface area (Å²) < 4.78 is 6.84. The Balaban J connectivity index is 1.58. The van der Waals surface area contributed by atoms with Crippen LogP contribution in [0.2, 0.25) is 0 Å². The Bertz CT molecular complexity index is 1190. The van der Waals surface area contributed by atoms with Crippen LogP contribution < -0.4 is 16.4 Å². The van der Waals surface area contributed by atoms with Gasteiger partial charge in [-0.25, -0.2) is 9.31 Å². The van der Waals surface area contributed by atoms with Gasteiger partial charge in [-0.2, -0.15) is 5.10 Å². The Morgan fingerprint density at radius 1 is 1.27 bits per heavy atom. The molecule has 9 nitrogen and oxygen atoms in total. The first kappa shape index (κ1) is 22.6. The minimum absolute atomic E-state index is 0.0982. The Morgan fingerprint density at radius 3 is 2.64 bits per heavy atom. The third-order valence-corrected chi connectivity index (χ3v) is 6.86. The molecule has 1 fully saturated rings. The molecule has 2 amide bonds. The Hall–Kier alpha value is -3.59. The number of benzene rings is 1. The molecule has 0 aliphatic heterocycles. The maximum atomic E-state index is 12.3. The molecule has 3 aromatic rings. The fourth-order valence-electron chi connectivity index (χ4n) is 4.25. The molecule has 1 saturated carbocycles. The van der Waals surface area contributed by atoms with E-state index in [0.29, 0.717) is 23.3 Å². The molecule has 0 spiro atoms. The van der Waals surface area contributed by atoms with Crippen LogP contribution in [0.3, 0.4) is 0 Å². The van der Waals surface area contributed by atoms with Gasteiger partial charge in [-0.3, -0.25) is 10.1 Å². The third kappa shape index (κ3) is 4.36. The van der Waals surface area contributed by atoms with Gasteiger partial charge in [0.2, 0.25) is 0 Å². The largest absolute Gasteiger partial charge is 0.444 e. The summed E-state index contributed by atoms with van der Waals surface area (Å²) in [7, 11) is 0. The molecule has 0 unspecified atom stereocenters. The number of hydrogen-bond acceptors (Lipinski definition) is 6. The fraction of sp³-hybridized carbons (Fsp3) is 0.375. The number of fused-ring (bicyclic) bond motifs is 1. The van der Waals surface area contributed by atoms with E-state index >= 15 is 0 Å². The molecule has 2 heterocycles. The predicted molar refractivity (Wildman–Crippen MR) is 125 cm³/mol. The number of nitrogens with two attached hydrogens (primary N) is 1. The number of carbonyl (C=O) groups excluding carboxylic acids is 2. The van der Waals surface area contributed by atoms with Crippen molar-refractivity contribution in [2.24, 2.45) is 11.1 Å². The van der Waals surface area contributed by atoms with Crippen molar-refractivity contribution < 1.29 is 19.4 Å². The molecule has 0 bridgehead atoms. The lowest BCUT2D eigenvalue weighted by Crippen LogP contribution is -2.45. The molecule has 1 aliphatic carbocycles. The van der Waals surface area contributed by atoms with E-state index in [2.05, 4.69) is 15.7 Å². The number of amides is 2. The number of nitrogens with zero attached hydrogens (tertiary/aromatic N) is 2. The van der Waals surface area contributed by atoms with Gasteiger partial charge >= 0.3 is 6.09 Å². The summed E-state index contributed by atoms with van der Waals surface area (Å²) >= 11 is 0. The average Bonchev–Trinajstić information content (AvgIpc) is 3.26. The first-order valence-electron chi connectivity index (χ1n) is 10.9. The SMILES string of the molecule is CC1(C)[C@H](Nc2c(C(N)=O)cnn3cc(NC(=O)OCc4ccccc4)cc23)CC[C@]1(C)O. The molecule has 174 valence electrons. The number of hydrogen-bond donors (Lipinski definition) is 4. The lowest BCUT2D eigenvalue weighted by Gasteiger charge is -2.38. The maximum absolute atomic E-state index is 12.3. The Kier molecular flexibility index (Phi) is 5.75. The zero-order valence-electron chi connectivity index (χ0n) is 19.0. The summed E-state index contributed by atoms with van der Waals surface area (Å²) in [6, 6.07) is 11.0. The normalized spacial score (nSPS) is 21.6. The molecular formula is C24H29N5O4. The van der Waals surface area contributed by atoms with Gasteiger partial charge in [0.15, 0.2) is 0 Å². The lowest BCUT2D eigenvalue weighted by atomic mass is 9.76. The number of rotatable bonds is 6. The van der Waals surface area contributed by atoms with Crippen molar-refractivity contribution in [3.05, 3.63) is 59.9 Å². The molecule has 2 atom stereocenters. The summed E-state index contributed by atoms with van der Waals surface area (Å²) in [6.07, 6.45) is 3.78. The zero-order valence-corrected chi connectivity index (χ0v) is 19.0. The highest BCUT2D eigenvalue weighted by Gasteiger charge is 2.50. The standard InChI is InChI=1S/C24H29N5O4/c1-23(2)19(9-10-24(23,3)32)28-20-17(21(25)30)12-26-29-13-16(11-18(20)29)27-22(31)33-14-15-7-5-4-6-8-15/h4-8,11-13,19,28,32H,9-10,14H2,1-3H3,(H2,25,30)(H,27,31)/t19-,24+/m1/s1. The van der Waals surface area contributed by atoms with Crippen LogP contribution in [0.15, 0.2) is 48.8 Å². The van der Waals surface area contributed by atoms with Crippen LogP contribution in [0.25, 0.3) is 5.52 Å². The predicted octanol–water partition coefficient (Wildman–Crippen LogP) is 3.53. The molecule has 4 rings (SSSR count). The van der Waals surface area contributed by atoms with Crippen molar-refractivity contribution in [1.29, 1.82) is 0 Å². The highest BCUT2D eigenvalue weighted by molar-refractivity contribution is 6.02. The topological polar surface area (TPSA) is 131 Å². The third-order valence-electron chi connectivity index (χ3n) is 6.86. The van der Waals surface area contributed by atoms with Crippen molar-refractivity contribution in [3.63, 3.8) is 0 Å². The number of ether oxygens (including phenoxy) is 1. The van der Waals surface area contributed by atoms with Gasteiger partial charge in [0.25, 0.3) is 5.91 Å². The first-order chi connectivity index (χ1) is 15.6. The molecule has 0 radical (unpaired) electrons. The first-order valence-corrected chi connectivity index (χ1v) is 10.9. The molecule has 5 N–H and O–H groups in total. The van der Waals surface area contributed by atoms with Crippen LogP contribution in [0.4, 0.5) is 16.2 Å². The number of nitrogens with one attached hydrogen (secondary N) is 2. The molecule has 1 aromatic carbocycles. The van der Waals surface area contributed by atoms with Gasteiger partial charge in [-0.05, 0) is 31.4 Å². The van der Waals surface area contributed by atoms with E-state index in [1.54, 1.807) is 16.8 Å². The molecule has 0 saturated heterocycles. The minimum Gasteiger partial charge on any atom is -0.444 e. The van der Waals surface area contributed by atoms with Crippen molar-refractivity contribution >= 4 is 28.9 Å². The maximum Gasteiger partial charge on any atom is 0.412 e. The number of aliphatic hydroxyl groups is 1. The monoisotopic (exact) mass is 451 g/mol. The Labute approximate surface area is 191 Å². The number of anilines is 2. The number of aromatic nitrogens is 2. The number of primary amides is 1. The summed E-state index contributed by atoms with van der Waals surface area (Å²) in [4.78, 5) is 24.4. The van der Waals surface area contributed by atoms with Crippen molar-refractivity contribution in [3.8, 4) is 0 Å². The summed E-state index contributed by atoms with van der Waals surface area (Å²) in [6.45, 7) is 5.96. The van der Waals surface area contributed by atoms with Crippen LogP contribution in [0, 0.1) is 5.41 Å². The van der Waals surface area contributed by atoms with Crippen LogP contribution in [0.1, 0.15) is 49.5 Å². The minimum atomic E-state index is -0.849. The van der Waals surface area contributed by atoms with E-state index in [0.717, 1.165) is 12.0 Å². The van der Waals surface area contributed by atoms with E-state index in [-0.39, 0.29) is 18.2 Å². The zero-order chi connectivity index (χ0) is 23.8. The average molecular weight is 452 g/mol. The van der Waals surface area contributed by atoms with E-state index in [4.69, 9.17) is 10.5 Å². The highest BCUT2D eigenvalue weighted by atomic mass is 16.5. The second-order valence-electron chi connectivity index (χ2n) is 9.27. The molecule has 9 heteroatoms. The van der Waals surface area contributed by atoms with Gasteiger partial charge in [0, 0.05) is 11.5 Å². The summed E-state index contributed by atoms with van der Waals surface area (Å²) in [5, 5.41) is 21.2. The molecule has 1 aliphatic rings. The lowest BCUT2D eigenvalue weighted by molar-refractivity contribution is -0.0283. The molecule has 33 heavy (non-hydrogen) atoms. The second-order valence-corrected chi connectivity index (χ2v) is 9.27. The summed E-state index contributed by atoms with van der Waals surface area (Å²) in [5.41, 5.74) is 6.99. The second kappa shape index (κ2) is 8.40. The fourth-order valence-corrected chi connectivity index (χ4v) is 4.25. The van der Waals surface area contributed by atoms with Crippen molar-refractivity contribution in [2.45, 2.75) is 51.9 Å². The highest BCUT2D eigenvalue weighted by Crippen LogP contribution is 2.47. The van der Waals surface area contributed by atoms with Crippen LogP contribution >= 0.6 is 0 Å². The number of carbonyl (C=O) groups is 2. The van der Waals surface area contributed by atoms with E-state index < -0.39 is 23.0 Å². The summed E-state index contributed by atoms with van der Waals surface area (Å²) in [5.74, 6) is -0.618. The van der Waals surface area contributed by atoms with Crippen LogP contribution in [-0.2, 0) is 11.3 Å². The van der Waals surface area contributed by atoms with E-state index in [1.165, 1.54) is 6.20 Å². The van der Waals surface area contributed by atoms with Crippen molar-refractivity contribution in [1.82, 2.24) is 9.61 Å². The van der Waals surface area contributed by atoms with Crippen LogP contribution in [-0.4, -0.2) is 38.4 Å².